The largest absolute Gasteiger partial charge is 0.326 e. The first-order valence-corrected chi connectivity index (χ1v) is 10.6. The zero-order chi connectivity index (χ0) is 20.8. The van der Waals surface area contributed by atoms with Gasteiger partial charge in [0.1, 0.15) is 5.82 Å². The molecular weight excluding hydrogens is 364 g/mol. The topological polar surface area (TPSA) is 78.1 Å². The number of aromatic amines is 1. The highest BCUT2D eigenvalue weighted by Gasteiger charge is 2.19. The van der Waals surface area contributed by atoms with E-state index in [9.17, 15) is 9.59 Å². The molecule has 29 heavy (non-hydrogen) atoms. The van der Waals surface area contributed by atoms with Crippen LogP contribution in [-0.4, -0.2) is 33.9 Å². The van der Waals surface area contributed by atoms with Crippen LogP contribution >= 0.6 is 0 Å². The average molecular weight is 397 g/mol. The lowest BCUT2D eigenvalue weighted by atomic mass is 9.94. The molecule has 3 rings (SSSR count). The predicted octanol–water partition coefficient (Wildman–Crippen LogP) is 3.72. The fourth-order valence-corrected chi connectivity index (χ4v) is 4.20. The first-order valence-electron chi connectivity index (χ1n) is 10.6. The van der Waals surface area contributed by atoms with Crippen molar-refractivity contribution in [3.05, 3.63) is 57.3 Å². The van der Waals surface area contributed by atoms with E-state index in [1.54, 1.807) is 6.92 Å². The Labute approximate surface area is 172 Å². The van der Waals surface area contributed by atoms with Gasteiger partial charge in [0.25, 0.3) is 5.56 Å². The summed E-state index contributed by atoms with van der Waals surface area (Å²) in [6.07, 6.45) is 7.09. The van der Waals surface area contributed by atoms with Gasteiger partial charge in [-0.3, -0.25) is 14.5 Å². The number of hydrogen-bond donors (Lipinski definition) is 2. The van der Waals surface area contributed by atoms with Crippen LogP contribution in [0.3, 0.4) is 0 Å². The predicted molar refractivity (Wildman–Crippen MR) is 116 cm³/mol. The van der Waals surface area contributed by atoms with Crippen molar-refractivity contribution in [2.45, 2.75) is 71.4 Å². The highest BCUT2D eigenvalue weighted by molar-refractivity contribution is 5.91. The summed E-state index contributed by atoms with van der Waals surface area (Å²) >= 11 is 0. The molecule has 0 bridgehead atoms. The lowest BCUT2D eigenvalue weighted by Gasteiger charge is -2.31. The number of para-hydroxylation sites is 1. The number of carbonyl (C=O) groups is 1. The summed E-state index contributed by atoms with van der Waals surface area (Å²) in [7, 11) is 2.17. The van der Waals surface area contributed by atoms with Crippen LogP contribution in [0.15, 0.2) is 29.1 Å². The molecule has 2 N–H and O–H groups in total. The summed E-state index contributed by atoms with van der Waals surface area (Å²) in [6, 6.07) is 8.61. The minimum absolute atomic E-state index is 0.0860. The van der Waals surface area contributed by atoms with E-state index in [0.29, 0.717) is 29.5 Å². The van der Waals surface area contributed by atoms with Gasteiger partial charge in [-0.1, -0.05) is 37.5 Å². The van der Waals surface area contributed by atoms with E-state index in [-0.39, 0.29) is 17.9 Å². The third-order valence-electron chi connectivity index (χ3n) is 5.85. The number of nitrogens with one attached hydrogen (secondary N) is 2. The Kier molecular flexibility index (Phi) is 7.20. The molecule has 0 atom stereocenters. The molecule has 0 radical (unpaired) electrons. The molecule has 1 saturated carbocycles. The van der Waals surface area contributed by atoms with Crippen molar-refractivity contribution in [2.24, 2.45) is 0 Å². The molecule has 1 aromatic carbocycles. The maximum atomic E-state index is 12.6. The molecule has 0 aliphatic heterocycles. The standard InChI is InChI=1S/C23H32N4O2/c1-16-20(23(29)25-17(2)24-16)13-14-22(28)26-21-12-8-7-9-18(21)15-27(3)19-10-5-4-6-11-19/h7-9,12,19H,4-6,10-11,13-15H2,1-3H3,(H,26,28)(H,24,25,29). The van der Waals surface area contributed by atoms with E-state index in [4.69, 9.17) is 0 Å². The number of H-pyrrole nitrogens is 1. The van der Waals surface area contributed by atoms with Gasteiger partial charge in [0, 0.05) is 36.0 Å². The molecule has 6 nitrogen and oxygen atoms in total. The summed E-state index contributed by atoms with van der Waals surface area (Å²) in [5.41, 5.74) is 3.09. The SMILES string of the molecule is Cc1nc(C)c(CCC(=O)Nc2ccccc2CN(C)C2CCCCC2)c(=O)[nH]1. The van der Waals surface area contributed by atoms with Crippen molar-refractivity contribution in [1.29, 1.82) is 0 Å². The highest BCUT2D eigenvalue weighted by atomic mass is 16.1. The summed E-state index contributed by atoms with van der Waals surface area (Å²) < 4.78 is 0. The first kappa shape index (κ1) is 21.2. The molecule has 156 valence electrons. The minimum Gasteiger partial charge on any atom is -0.326 e. The second-order valence-corrected chi connectivity index (χ2v) is 8.13. The number of nitrogens with zero attached hydrogens (tertiary/aromatic N) is 2. The molecule has 1 amide bonds. The highest BCUT2D eigenvalue weighted by Crippen LogP contribution is 2.25. The molecule has 6 heteroatoms. The molecular formula is C23H32N4O2. The van der Waals surface area contributed by atoms with Crippen LogP contribution in [0.25, 0.3) is 0 Å². The van der Waals surface area contributed by atoms with Crippen LogP contribution in [0.2, 0.25) is 0 Å². The Balaban J connectivity index is 1.61. The summed E-state index contributed by atoms with van der Waals surface area (Å²) in [5, 5.41) is 3.04. The van der Waals surface area contributed by atoms with Gasteiger partial charge in [0.15, 0.2) is 0 Å². The van der Waals surface area contributed by atoms with Crippen molar-refractivity contribution in [3.63, 3.8) is 0 Å². The van der Waals surface area contributed by atoms with Crippen molar-refractivity contribution in [3.8, 4) is 0 Å². The van der Waals surface area contributed by atoms with Crippen LogP contribution in [-0.2, 0) is 17.8 Å². The second-order valence-electron chi connectivity index (χ2n) is 8.13. The van der Waals surface area contributed by atoms with Gasteiger partial charge < -0.3 is 10.3 Å². The molecule has 0 unspecified atom stereocenters. The Morgan fingerprint density at radius 2 is 1.93 bits per heavy atom. The molecule has 2 aromatic rings. The molecule has 1 aliphatic rings. The Morgan fingerprint density at radius 1 is 1.21 bits per heavy atom. The second kappa shape index (κ2) is 9.83. The Bertz CT molecular complexity index is 900. The van der Waals surface area contributed by atoms with E-state index in [2.05, 4.69) is 33.3 Å². The molecule has 0 saturated heterocycles. The lowest BCUT2D eigenvalue weighted by molar-refractivity contribution is -0.116. The van der Waals surface area contributed by atoms with E-state index < -0.39 is 0 Å². The van der Waals surface area contributed by atoms with Crippen molar-refractivity contribution < 1.29 is 4.79 Å². The number of carbonyl (C=O) groups excluding carboxylic acids is 1. The maximum absolute atomic E-state index is 12.6. The monoisotopic (exact) mass is 396 g/mol. The van der Waals surface area contributed by atoms with E-state index >= 15 is 0 Å². The Hall–Kier alpha value is -2.47. The summed E-state index contributed by atoms with van der Waals surface area (Å²) in [4.78, 5) is 34.1. The zero-order valence-electron chi connectivity index (χ0n) is 17.8. The third kappa shape index (κ3) is 5.76. The normalized spacial score (nSPS) is 14.9. The molecule has 1 aromatic heterocycles. The van der Waals surface area contributed by atoms with E-state index in [0.717, 1.165) is 17.8 Å². The number of aromatic nitrogens is 2. The van der Waals surface area contributed by atoms with Gasteiger partial charge in [-0.25, -0.2) is 4.98 Å². The quantitative estimate of drug-likeness (QED) is 0.748. The maximum Gasteiger partial charge on any atom is 0.254 e. The van der Waals surface area contributed by atoms with Crippen LogP contribution in [0.4, 0.5) is 5.69 Å². The fraction of sp³-hybridized carbons (Fsp3) is 0.522. The van der Waals surface area contributed by atoms with E-state index in [1.807, 2.05) is 25.1 Å². The van der Waals surface area contributed by atoms with E-state index in [1.165, 1.54) is 32.1 Å². The van der Waals surface area contributed by atoms with Gasteiger partial charge in [-0.2, -0.15) is 0 Å². The molecule has 1 aliphatic carbocycles. The van der Waals surface area contributed by atoms with Crippen LogP contribution in [0.1, 0.15) is 61.2 Å². The van der Waals surface area contributed by atoms with Gasteiger partial charge in [0.2, 0.25) is 5.91 Å². The number of amides is 1. The number of anilines is 1. The van der Waals surface area contributed by atoms with Crippen molar-refractivity contribution >= 4 is 11.6 Å². The lowest BCUT2D eigenvalue weighted by Crippen LogP contribution is -2.33. The van der Waals surface area contributed by atoms with Gasteiger partial charge in [0.05, 0.1) is 0 Å². The third-order valence-corrected chi connectivity index (χ3v) is 5.85. The van der Waals surface area contributed by atoms with Gasteiger partial charge in [-0.15, -0.1) is 0 Å². The zero-order valence-corrected chi connectivity index (χ0v) is 17.8. The summed E-state index contributed by atoms with van der Waals surface area (Å²) in [6.45, 7) is 4.39. The van der Waals surface area contributed by atoms with Gasteiger partial charge >= 0.3 is 0 Å². The van der Waals surface area contributed by atoms with Crippen LogP contribution in [0, 0.1) is 13.8 Å². The number of rotatable bonds is 7. The molecule has 1 heterocycles. The Morgan fingerprint density at radius 3 is 2.66 bits per heavy atom. The number of aryl methyl sites for hydroxylation is 2. The number of benzene rings is 1. The fourth-order valence-electron chi connectivity index (χ4n) is 4.20. The van der Waals surface area contributed by atoms with Crippen molar-refractivity contribution in [2.75, 3.05) is 12.4 Å². The van der Waals surface area contributed by atoms with Crippen molar-refractivity contribution in [1.82, 2.24) is 14.9 Å². The molecule has 1 fully saturated rings. The summed E-state index contributed by atoms with van der Waals surface area (Å²) in [5.74, 6) is 0.508. The first-order chi connectivity index (χ1) is 13.9. The number of hydrogen-bond acceptors (Lipinski definition) is 4. The van der Waals surface area contributed by atoms with Crippen LogP contribution in [0.5, 0.6) is 0 Å². The van der Waals surface area contributed by atoms with Gasteiger partial charge in [-0.05, 0) is 51.8 Å². The smallest absolute Gasteiger partial charge is 0.254 e. The average Bonchev–Trinajstić information content (AvgIpc) is 2.69. The molecule has 0 spiro atoms. The van der Waals surface area contributed by atoms with Crippen LogP contribution < -0.4 is 10.9 Å². The minimum atomic E-state index is -0.155.